The van der Waals surface area contributed by atoms with Gasteiger partial charge in [-0.15, -0.1) is 0 Å². The number of nitriles is 1. The zero-order chi connectivity index (χ0) is 14.0. The molecule has 0 aromatic heterocycles. The van der Waals surface area contributed by atoms with Crippen molar-refractivity contribution in [3.63, 3.8) is 0 Å². The highest BCUT2D eigenvalue weighted by Crippen LogP contribution is 2.43. The Morgan fingerprint density at radius 3 is 2.40 bits per heavy atom. The predicted octanol–water partition coefficient (Wildman–Crippen LogP) is 1.36. The molecule has 1 heterocycles. The maximum Gasteiger partial charge on any atom is 0.0853 e. The molecule has 1 saturated heterocycles. The van der Waals surface area contributed by atoms with Gasteiger partial charge in [-0.25, -0.2) is 5.01 Å². The van der Waals surface area contributed by atoms with E-state index in [1.807, 2.05) is 18.2 Å². The topological polar surface area (TPSA) is 42.3 Å². The number of hydrazine groups is 1. The number of nitrogens with zero attached hydrogens (tertiary/aromatic N) is 3. The number of nitrogens with one attached hydrogen (secondary N) is 1. The van der Waals surface area contributed by atoms with Crippen LogP contribution in [0.1, 0.15) is 18.4 Å². The number of piperazine rings is 1. The van der Waals surface area contributed by atoms with Crippen molar-refractivity contribution in [1.82, 2.24) is 15.3 Å². The largest absolute Gasteiger partial charge is 0.304 e. The zero-order valence-corrected chi connectivity index (χ0v) is 12.0. The molecule has 1 aliphatic carbocycles. The molecule has 0 bridgehead atoms. The fourth-order valence-electron chi connectivity index (χ4n) is 3.22. The number of hydrogen-bond donors (Lipinski definition) is 1. The molecule has 0 spiro atoms. The van der Waals surface area contributed by atoms with Gasteiger partial charge in [0.1, 0.15) is 0 Å². The van der Waals surface area contributed by atoms with Crippen molar-refractivity contribution in [2.24, 2.45) is 0 Å². The minimum Gasteiger partial charge on any atom is -0.304 e. The van der Waals surface area contributed by atoms with E-state index >= 15 is 0 Å². The summed E-state index contributed by atoms with van der Waals surface area (Å²) in [6.45, 7) is 4.36. The van der Waals surface area contributed by atoms with E-state index in [1.54, 1.807) is 0 Å². The van der Waals surface area contributed by atoms with Crippen LogP contribution in [-0.2, 0) is 5.41 Å². The van der Waals surface area contributed by atoms with Gasteiger partial charge in [0, 0.05) is 32.2 Å². The monoisotopic (exact) mass is 270 g/mol. The van der Waals surface area contributed by atoms with E-state index in [2.05, 4.69) is 40.6 Å². The molecular formula is C16H22N4. The van der Waals surface area contributed by atoms with Crippen molar-refractivity contribution in [3.8, 4) is 6.07 Å². The van der Waals surface area contributed by atoms with Crippen molar-refractivity contribution in [2.75, 3.05) is 33.2 Å². The van der Waals surface area contributed by atoms with Gasteiger partial charge in [0.2, 0.25) is 0 Å². The van der Waals surface area contributed by atoms with E-state index in [-0.39, 0.29) is 5.41 Å². The minimum atomic E-state index is -0.272. The average molecular weight is 270 g/mol. The van der Waals surface area contributed by atoms with Crippen LogP contribution in [0.15, 0.2) is 30.3 Å². The molecule has 20 heavy (non-hydrogen) atoms. The Balaban J connectivity index is 1.56. The zero-order valence-electron chi connectivity index (χ0n) is 12.0. The molecule has 0 amide bonds. The van der Waals surface area contributed by atoms with Gasteiger partial charge < -0.3 is 4.90 Å². The number of hydrogen-bond acceptors (Lipinski definition) is 4. The summed E-state index contributed by atoms with van der Waals surface area (Å²) in [4.78, 5) is 2.35. The van der Waals surface area contributed by atoms with Gasteiger partial charge in [-0.2, -0.15) is 5.26 Å². The molecule has 2 fully saturated rings. The lowest BCUT2D eigenvalue weighted by atomic mass is 9.63. The molecular weight excluding hydrogens is 248 g/mol. The van der Waals surface area contributed by atoms with Crippen LogP contribution in [0, 0.1) is 11.3 Å². The van der Waals surface area contributed by atoms with E-state index in [4.69, 9.17) is 0 Å². The molecule has 0 unspecified atom stereocenters. The number of rotatable bonds is 3. The number of benzene rings is 1. The second-order valence-electron chi connectivity index (χ2n) is 6.08. The summed E-state index contributed by atoms with van der Waals surface area (Å²) in [5, 5.41) is 11.9. The number of likely N-dealkylation sites (N-methyl/N-ethyl adjacent to an activating group) is 1. The van der Waals surface area contributed by atoms with E-state index < -0.39 is 0 Å². The van der Waals surface area contributed by atoms with Crippen molar-refractivity contribution in [2.45, 2.75) is 24.3 Å². The third-order valence-corrected chi connectivity index (χ3v) is 4.60. The fourth-order valence-corrected chi connectivity index (χ4v) is 3.22. The average Bonchev–Trinajstić information content (AvgIpc) is 2.45. The van der Waals surface area contributed by atoms with Gasteiger partial charge in [0.15, 0.2) is 0 Å². The summed E-state index contributed by atoms with van der Waals surface area (Å²) >= 11 is 0. The minimum absolute atomic E-state index is 0.272. The molecule has 0 radical (unpaired) electrons. The summed E-state index contributed by atoms with van der Waals surface area (Å²) in [5.74, 6) is 0. The predicted molar refractivity (Wildman–Crippen MR) is 79.0 cm³/mol. The first-order chi connectivity index (χ1) is 9.72. The quantitative estimate of drug-likeness (QED) is 0.900. The summed E-state index contributed by atoms with van der Waals surface area (Å²) < 4.78 is 0. The van der Waals surface area contributed by atoms with Gasteiger partial charge in [-0.3, -0.25) is 5.43 Å². The van der Waals surface area contributed by atoms with Gasteiger partial charge in [-0.1, -0.05) is 30.3 Å². The summed E-state index contributed by atoms with van der Waals surface area (Å²) in [7, 11) is 2.16. The van der Waals surface area contributed by atoms with E-state index in [0.29, 0.717) is 6.04 Å². The second-order valence-corrected chi connectivity index (χ2v) is 6.08. The summed E-state index contributed by atoms with van der Waals surface area (Å²) in [6, 6.07) is 13.2. The molecule has 4 heteroatoms. The molecule has 1 aliphatic heterocycles. The van der Waals surface area contributed by atoms with Gasteiger partial charge in [0.25, 0.3) is 0 Å². The van der Waals surface area contributed by atoms with Crippen molar-refractivity contribution in [3.05, 3.63) is 35.9 Å². The van der Waals surface area contributed by atoms with Crippen LogP contribution in [0.3, 0.4) is 0 Å². The molecule has 106 valence electrons. The van der Waals surface area contributed by atoms with Gasteiger partial charge >= 0.3 is 0 Å². The fraction of sp³-hybridized carbons (Fsp3) is 0.562. The summed E-state index contributed by atoms with van der Waals surface area (Å²) in [6.07, 6.45) is 1.83. The second kappa shape index (κ2) is 5.53. The molecule has 4 nitrogen and oxygen atoms in total. The maximum atomic E-state index is 9.55. The lowest BCUT2D eigenvalue weighted by Crippen LogP contribution is -2.59. The Labute approximate surface area is 121 Å². The lowest BCUT2D eigenvalue weighted by Gasteiger charge is -2.46. The highest BCUT2D eigenvalue weighted by atomic mass is 15.5. The normalized spacial score (nSPS) is 31.5. The molecule has 1 aromatic carbocycles. The van der Waals surface area contributed by atoms with Crippen LogP contribution in [0.25, 0.3) is 0 Å². The molecule has 1 aromatic rings. The Hall–Kier alpha value is -1.41. The third-order valence-electron chi connectivity index (χ3n) is 4.60. The van der Waals surface area contributed by atoms with E-state index in [9.17, 15) is 5.26 Å². The lowest BCUT2D eigenvalue weighted by molar-refractivity contribution is 0.0518. The first-order valence-electron chi connectivity index (χ1n) is 7.38. The molecule has 3 rings (SSSR count). The van der Waals surface area contributed by atoms with Crippen LogP contribution < -0.4 is 5.43 Å². The maximum absolute atomic E-state index is 9.55. The SMILES string of the molecule is CN1CCN(NC2CC(C#N)(c3ccccc3)C2)CC1. The Morgan fingerprint density at radius 2 is 1.80 bits per heavy atom. The van der Waals surface area contributed by atoms with Crippen molar-refractivity contribution >= 4 is 0 Å². The van der Waals surface area contributed by atoms with Crippen molar-refractivity contribution < 1.29 is 0 Å². The Kier molecular flexibility index (Phi) is 3.75. The molecule has 1 saturated carbocycles. The highest BCUT2D eigenvalue weighted by Gasteiger charge is 2.46. The molecule has 1 N–H and O–H groups in total. The molecule has 0 atom stereocenters. The van der Waals surface area contributed by atoms with Crippen LogP contribution in [0.5, 0.6) is 0 Å². The first kappa shape index (κ1) is 13.6. The Morgan fingerprint density at radius 1 is 1.15 bits per heavy atom. The highest BCUT2D eigenvalue weighted by molar-refractivity contribution is 5.36. The third kappa shape index (κ3) is 2.57. The van der Waals surface area contributed by atoms with E-state index in [1.165, 1.54) is 5.56 Å². The van der Waals surface area contributed by atoms with Gasteiger partial charge in [0.05, 0.1) is 11.5 Å². The first-order valence-corrected chi connectivity index (χ1v) is 7.38. The van der Waals surface area contributed by atoms with Crippen LogP contribution >= 0.6 is 0 Å². The van der Waals surface area contributed by atoms with Crippen LogP contribution in [-0.4, -0.2) is 49.2 Å². The smallest absolute Gasteiger partial charge is 0.0853 e. The van der Waals surface area contributed by atoms with E-state index in [0.717, 1.165) is 39.0 Å². The summed E-state index contributed by atoms with van der Waals surface area (Å²) in [5.41, 5.74) is 4.48. The molecule has 2 aliphatic rings. The van der Waals surface area contributed by atoms with Crippen molar-refractivity contribution in [1.29, 1.82) is 5.26 Å². The standard InChI is InChI=1S/C16H22N4/c1-19-7-9-20(10-8-19)18-15-11-16(12-15,13-17)14-5-3-2-4-6-14/h2-6,15,18H,7-12H2,1H3. The Bertz CT molecular complexity index is 479. The van der Waals surface area contributed by atoms with Crippen LogP contribution in [0.2, 0.25) is 0 Å². The van der Waals surface area contributed by atoms with Gasteiger partial charge in [-0.05, 0) is 25.5 Å². The van der Waals surface area contributed by atoms with Crippen LogP contribution in [0.4, 0.5) is 0 Å².